The fraction of sp³-hybridized carbons (Fsp3) is 0.417. The molecule has 1 rings (SSSR count). The van der Waals surface area contributed by atoms with E-state index in [1.165, 1.54) is 19.1 Å². The Bertz CT molecular complexity index is 526. The Morgan fingerprint density at radius 3 is 2.37 bits per heavy atom. The van der Waals surface area contributed by atoms with Crippen molar-refractivity contribution in [3.8, 4) is 0 Å². The molecule has 0 heterocycles. The number of nitrogens with one attached hydrogen (secondary N) is 2. The van der Waals surface area contributed by atoms with Gasteiger partial charge in [-0.2, -0.15) is 0 Å². The molecule has 1 amide bonds. The molecule has 0 aromatic heterocycles. The molecule has 0 bridgehead atoms. The van der Waals surface area contributed by atoms with Crippen LogP contribution in [0.1, 0.15) is 19.4 Å². The second-order valence-corrected chi connectivity index (χ2v) is 6.03. The zero-order valence-electron chi connectivity index (χ0n) is 11.0. The van der Waals surface area contributed by atoms with Crippen molar-refractivity contribution in [2.75, 3.05) is 6.54 Å². The Labute approximate surface area is 113 Å². The van der Waals surface area contributed by atoms with Gasteiger partial charge in [0.15, 0.2) is 0 Å². The third-order valence-electron chi connectivity index (χ3n) is 2.48. The van der Waals surface area contributed by atoms with Crippen LogP contribution in [0.2, 0.25) is 0 Å². The highest BCUT2D eigenvalue weighted by molar-refractivity contribution is 7.89. The molecule has 0 radical (unpaired) electrons. The summed E-state index contributed by atoms with van der Waals surface area (Å²) in [5.74, 6) is -0.130. The average molecular weight is 285 g/mol. The standard InChI is InChI=1S/C12H19N3O3S/c1-9(7-13)15-19(17,18)12-5-3-11(4-6-12)8-14-10(2)16/h3-6,9,15H,7-8,13H2,1-2H3,(H,14,16). The van der Waals surface area contributed by atoms with Gasteiger partial charge >= 0.3 is 0 Å². The van der Waals surface area contributed by atoms with Gasteiger partial charge in [0.05, 0.1) is 4.90 Å². The lowest BCUT2D eigenvalue weighted by Gasteiger charge is -2.12. The Morgan fingerprint density at radius 2 is 1.89 bits per heavy atom. The predicted octanol–water partition coefficient (Wildman–Crippen LogP) is -0.0518. The van der Waals surface area contributed by atoms with Crippen molar-refractivity contribution in [2.45, 2.75) is 31.3 Å². The first-order chi connectivity index (χ1) is 8.85. The highest BCUT2D eigenvalue weighted by Gasteiger charge is 2.16. The van der Waals surface area contributed by atoms with Crippen LogP contribution in [0, 0.1) is 0 Å². The van der Waals surface area contributed by atoms with E-state index < -0.39 is 10.0 Å². The summed E-state index contributed by atoms with van der Waals surface area (Å²) in [5.41, 5.74) is 6.22. The van der Waals surface area contributed by atoms with Crippen LogP contribution in [0.4, 0.5) is 0 Å². The number of hydrogen-bond donors (Lipinski definition) is 3. The molecule has 0 saturated heterocycles. The van der Waals surface area contributed by atoms with Crippen LogP contribution < -0.4 is 15.8 Å². The van der Waals surface area contributed by atoms with Crippen LogP contribution in [0.15, 0.2) is 29.2 Å². The maximum absolute atomic E-state index is 11.9. The molecule has 0 aliphatic heterocycles. The van der Waals surface area contributed by atoms with Crippen LogP contribution >= 0.6 is 0 Å². The molecule has 0 fully saturated rings. The highest BCUT2D eigenvalue weighted by Crippen LogP contribution is 2.11. The number of benzene rings is 1. The van der Waals surface area contributed by atoms with Gasteiger partial charge in [0.25, 0.3) is 0 Å². The molecule has 1 unspecified atom stereocenters. The van der Waals surface area contributed by atoms with Gasteiger partial charge < -0.3 is 11.1 Å². The van der Waals surface area contributed by atoms with Crippen molar-refractivity contribution < 1.29 is 13.2 Å². The van der Waals surface area contributed by atoms with Crippen molar-refractivity contribution in [2.24, 2.45) is 5.73 Å². The van der Waals surface area contributed by atoms with Gasteiger partial charge in [-0.3, -0.25) is 4.79 Å². The van der Waals surface area contributed by atoms with E-state index in [-0.39, 0.29) is 23.4 Å². The Hall–Kier alpha value is -1.44. The van der Waals surface area contributed by atoms with Gasteiger partial charge in [0, 0.05) is 26.1 Å². The van der Waals surface area contributed by atoms with E-state index >= 15 is 0 Å². The molecule has 1 atom stereocenters. The van der Waals surface area contributed by atoms with Gasteiger partial charge in [0.1, 0.15) is 0 Å². The van der Waals surface area contributed by atoms with Crippen molar-refractivity contribution in [1.82, 2.24) is 10.0 Å². The normalized spacial score (nSPS) is 13.0. The molecule has 1 aromatic carbocycles. The van der Waals surface area contributed by atoms with Crippen LogP contribution in [0.5, 0.6) is 0 Å². The molecule has 4 N–H and O–H groups in total. The monoisotopic (exact) mass is 285 g/mol. The summed E-state index contributed by atoms with van der Waals surface area (Å²) >= 11 is 0. The molecule has 19 heavy (non-hydrogen) atoms. The van der Waals surface area contributed by atoms with E-state index in [2.05, 4.69) is 10.0 Å². The summed E-state index contributed by atoms with van der Waals surface area (Å²) in [5, 5.41) is 2.64. The van der Waals surface area contributed by atoms with Crippen molar-refractivity contribution in [1.29, 1.82) is 0 Å². The first kappa shape index (κ1) is 15.6. The van der Waals surface area contributed by atoms with Crippen LogP contribution in [0.25, 0.3) is 0 Å². The molecule has 0 spiro atoms. The number of carbonyl (C=O) groups excluding carboxylic acids is 1. The Balaban J connectivity index is 2.77. The maximum atomic E-state index is 11.9. The lowest BCUT2D eigenvalue weighted by atomic mass is 10.2. The van der Waals surface area contributed by atoms with Crippen molar-refractivity contribution in [3.63, 3.8) is 0 Å². The number of amides is 1. The first-order valence-electron chi connectivity index (χ1n) is 5.91. The van der Waals surface area contributed by atoms with Gasteiger partial charge in [-0.25, -0.2) is 13.1 Å². The predicted molar refractivity (Wildman–Crippen MR) is 72.8 cm³/mol. The largest absolute Gasteiger partial charge is 0.352 e. The Kier molecular flexibility index (Phi) is 5.46. The van der Waals surface area contributed by atoms with E-state index in [1.807, 2.05) is 0 Å². The number of carbonyl (C=O) groups is 1. The summed E-state index contributed by atoms with van der Waals surface area (Å²) in [6.45, 7) is 3.74. The highest BCUT2D eigenvalue weighted by atomic mass is 32.2. The first-order valence-corrected chi connectivity index (χ1v) is 7.39. The molecule has 0 aliphatic rings. The van der Waals surface area contributed by atoms with E-state index in [9.17, 15) is 13.2 Å². The quantitative estimate of drug-likeness (QED) is 0.682. The van der Waals surface area contributed by atoms with Crippen molar-refractivity contribution in [3.05, 3.63) is 29.8 Å². The summed E-state index contributed by atoms with van der Waals surface area (Å²) in [6, 6.07) is 6.02. The van der Waals surface area contributed by atoms with Gasteiger partial charge in [-0.1, -0.05) is 12.1 Å². The van der Waals surface area contributed by atoms with Crippen LogP contribution in [-0.2, 0) is 21.4 Å². The summed E-state index contributed by atoms with van der Waals surface area (Å²) < 4.78 is 26.4. The second-order valence-electron chi connectivity index (χ2n) is 4.31. The molecular weight excluding hydrogens is 266 g/mol. The summed E-state index contributed by atoms with van der Waals surface area (Å²) in [4.78, 5) is 10.9. The number of sulfonamides is 1. The van der Waals surface area contributed by atoms with Crippen LogP contribution in [-0.4, -0.2) is 26.9 Å². The zero-order valence-corrected chi connectivity index (χ0v) is 11.8. The smallest absolute Gasteiger partial charge is 0.240 e. The minimum Gasteiger partial charge on any atom is -0.352 e. The maximum Gasteiger partial charge on any atom is 0.240 e. The average Bonchev–Trinajstić information content (AvgIpc) is 2.36. The summed E-state index contributed by atoms with van der Waals surface area (Å²) in [6.07, 6.45) is 0. The molecule has 0 aliphatic carbocycles. The second kappa shape index (κ2) is 6.65. The number of hydrogen-bond acceptors (Lipinski definition) is 4. The van der Waals surface area contributed by atoms with Crippen molar-refractivity contribution >= 4 is 15.9 Å². The SMILES string of the molecule is CC(=O)NCc1ccc(S(=O)(=O)NC(C)CN)cc1. The van der Waals surface area contributed by atoms with Gasteiger partial charge in [0.2, 0.25) is 15.9 Å². The topological polar surface area (TPSA) is 101 Å². The fourth-order valence-electron chi connectivity index (χ4n) is 1.39. The lowest BCUT2D eigenvalue weighted by Crippen LogP contribution is -2.37. The molecule has 7 heteroatoms. The van der Waals surface area contributed by atoms with Gasteiger partial charge in [-0.05, 0) is 24.6 Å². The zero-order chi connectivity index (χ0) is 14.5. The lowest BCUT2D eigenvalue weighted by molar-refractivity contribution is -0.119. The third-order valence-corrected chi connectivity index (χ3v) is 4.09. The molecule has 6 nitrogen and oxygen atoms in total. The minimum absolute atomic E-state index is 0.130. The molecule has 1 aromatic rings. The molecule has 106 valence electrons. The van der Waals surface area contributed by atoms with E-state index in [0.717, 1.165) is 5.56 Å². The van der Waals surface area contributed by atoms with E-state index in [4.69, 9.17) is 5.73 Å². The summed E-state index contributed by atoms with van der Waals surface area (Å²) in [7, 11) is -3.54. The number of rotatable bonds is 6. The van der Waals surface area contributed by atoms with Gasteiger partial charge in [-0.15, -0.1) is 0 Å². The van der Waals surface area contributed by atoms with E-state index in [0.29, 0.717) is 6.54 Å². The minimum atomic E-state index is -3.54. The molecule has 0 saturated carbocycles. The molecular formula is C12H19N3O3S. The van der Waals surface area contributed by atoms with Crippen LogP contribution in [0.3, 0.4) is 0 Å². The number of nitrogens with two attached hydrogens (primary N) is 1. The fourth-order valence-corrected chi connectivity index (χ4v) is 2.65. The third kappa shape index (κ3) is 4.98. The Morgan fingerprint density at radius 1 is 1.32 bits per heavy atom. The van der Waals surface area contributed by atoms with E-state index in [1.54, 1.807) is 19.1 Å².